The van der Waals surface area contributed by atoms with E-state index in [4.69, 9.17) is 11.6 Å². The maximum atomic E-state index is 13.3. The molecule has 0 fully saturated rings. The van der Waals surface area contributed by atoms with E-state index in [9.17, 15) is 23.4 Å². The fourth-order valence-electron chi connectivity index (χ4n) is 3.42. The first-order chi connectivity index (χ1) is 13.8. The van der Waals surface area contributed by atoms with Crippen molar-refractivity contribution >= 4 is 33.3 Å². The molecule has 0 saturated carbocycles. The van der Waals surface area contributed by atoms with Crippen LogP contribution in [0, 0.1) is 0 Å². The van der Waals surface area contributed by atoms with Crippen molar-refractivity contribution in [2.24, 2.45) is 0 Å². The number of nitrogens with zero attached hydrogens (tertiary/aromatic N) is 1. The Labute approximate surface area is 172 Å². The fourth-order valence-corrected chi connectivity index (χ4v) is 5.33. The highest BCUT2D eigenvalue weighted by Gasteiger charge is 2.34. The predicted octanol–water partition coefficient (Wildman–Crippen LogP) is 4.16. The second-order valence-electron chi connectivity index (χ2n) is 6.65. The van der Waals surface area contributed by atoms with E-state index >= 15 is 0 Å². The van der Waals surface area contributed by atoms with Gasteiger partial charge in [-0.15, -0.1) is 0 Å². The molecule has 0 radical (unpaired) electrons. The molecule has 0 aliphatic carbocycles. The minimum atomic E-state index is -4.22. The van der Waals surface area contributed by atoms with Crippen LogP contribution in [0.1, 0.15) is 15.9 Å². The van der Waals surface area contributed by atoms with Crippen LogP contribution in [-0.4, -0.2) is 31.1 Å². The average Bonchev–Trinajstić information content (AvgIpc) is 3.14. The largest absolute Gasteiger partial charge is 0.505 e. The first-order valence-corrected chi connectivity index (χ1v) is 10.6. The molecule has 6 nitrogen and oxygen atoms in total. The van der Waals surface area contributed by atoms with E-state index in [0.717, 1.165) is 28.8 Å². The quantitative estimate of drug-likeness (QED) is 0.649. The third-order valence-electron chi connectivity index (χ3n) is 4.89. The Kier molecular flexibility index (Phi) is 4.72. The maximum Gasteiger partial charge on any atom is 0.335 e. The van der Waals surface area contributed by atoms with Gasteiger partial charge in [-0.1, -0.05) is 54.1 Å². The number of carboxylic acid groups (broad SMARTS) is 1. The molecule has 1 heterocycles. The van der Waals surface area contributed by atoms with Crippen LogP contribution in [0.25, 0.3) is 11.1 Å². The molecular formula is C21H16ClNO5S. The van der Waals surface area contributed by atoms with Crippen LogP contribution in [0.5, 0.6) is 5.75 Å². The molecule has 0 atom stereocenters. The number of hydrogen-bond acceptors (Lipinski definition) is 4. The summed E-state index contributed by atoms with van der Waals surface area (Å²) in [6.07, 6.45) is 0.511. The lowest BCUT2D eigenvalue weighted by Gasteiger charge is -2.21. The summed E-state index contributed by atoms with van der Waals surface area (Å²) in [6, 6.07) is 17.1. The van der Waals surface area contributed by atoms with E-state index in [1.165, 1.54) is 4.31 Å². The highest BCUT2D eigenvalue weighted by Crippen LogP contribution is 2.40. The van der Waals surface area contributed by atoms with Crippen molar-refractivity contribution < 1.29 is 23.4 Å². The monoisotopic (exact) mass is 429 g/mol. The lowest BCUT2D eigenvalue weighted by atomic mass is 10.0. The molecule has 8 heteroatoms. The minimum Gasteiger partial charge on any atom is -0.505 e. The third-order valence-corrected chi connectivity index (χ3v) is 7.00. The number of aromatic hydroxyl groups is 1. The topological polar surface area (TPSA) is 94.9 Å². The molecular weight excluding hydrogens is 414 g/mol. The van der Waals surface area contributed by atoms with Gasteiger partial charge in [-0.25, -0.2) is 13.2 Å². The Morgan fingerprint density at radius 1 is 1.00 bits per heavy atom. The number of phenols is 1. The van der Waals surface area contributed by atoms with Crippen molar-refractivity contribution in [3.63, 3.8) is 0 Å². The van der Waals surface area contributed by atoms with Crippen molar-refractivity contribution in [2.45, 2.75) is 11.3 Å². The van der Waals surface area contributed by atoms with Gasteiger partial charge < -0.3 is 10.2 Å². The first kappa shape index (κ1) is 19.3. The van der Waals surface area contributed by atoms with Crippen molar-refractivity contribution in [3.8, 4) is 16.9 Å². The first-order valence-electron chi connectivity index (χ1n) is 8.76. The summed E-state index contributed by atoms with van der Waals surface area (Å²) in [7, 11) is -4.22. The van der Waals surface area contributed by atoms with Crippen molar-refractivity contribution in [2.75, 3.05) is 10.8 Å². The van der Waals surface area contributed by atoms with Crippen molar-refractivity contribution in [3.05, 3.63) is 76.8 Å². The number of benzene rings is 3. The van der Waals surface area contributed by atoms with Gasteiger partial charge in [0.15, 0.2) is 5.75 Å². The summed E-state index contributed by atoms with van der Waals surface area (Å²) in [5.74, 6) is -2.00. The van der Waals surface area contributed by atoms with Crippen LogP contribution in [0.2, 0.25) is 5.02 Å². The second-order valence-corrected chi connectivity index (χ2v) is 8.88. The zero-order valence-electron chi connectivity index (χ0n) is 15.0. The number of aromatic carboxylic acids is 1. The lowest BCUT2D eigenvalue weighted by Crippen LogP contribution is -2.29. The van der Waals surface area contributed by atoms with Crippen LogP contribution in [0.15, 0.2) is 65.6 Å². The Bertz CT molecular complexity index is 1230. The Balaban J connectivity index is 1.83. The molecule has 0 saturated heterocycles. The van der Waals surface area contributed by atoms with Gasteiger partial charge in [0.1, 0.15) is 4.90 Å². The summed E-state index contributed by atoms with van der Waals surface area (Å²) < 4.78 is 27.8. The number of sulfonamides is 1. The normalized spacial score (nSPS) is 13.3. The van der Waals surface area contributed by atoms with Crippen molar-refractivity contribution in [1.29, 1.82) is 0 Å². The van der Waals surface area contributed by atoms with E-state index in [0.29, 0.717) is 12.1 Å². The van der Waals surface area contributed by atoms with E-state index in [-0.39, 0.29) is 17.1 Å². The van der Waals surface area contributed by atoms with Gasteiger partial charge in [-0.3, -0.25) is 4.31 Å². The minimum absolute atomic E-state index is 0.185. The number of anilines is 1. The van der Waals surface area contributed by atoms with E-state index in [2.05, 4.69) is 0 Å². The van der Waals surface area contributed by atoms with E-state index in [1.54, 1.807) is 6.07 Å². The summed E-state index contributed by atoms with van der Waals surface area (Å²) in [5, 5.41) is 19.1. The summed E-state index contributed by atoms with van der Waals surface area (Å²) in [6.45, 7) is 0.185. The fraction of sp³-hybridized carbons (Fsp3) is 0.0952. The molecule has 3 aromatic rings. The van der Waals surface area contributed by atoms with Crippen LogP contribution >= 0.6 is 11.6 Å². The standard InChI is InChI=1S/C21H16ClNO5S/c22-17-10-16(21(25)26)12-19(20(17)24)29(27,28)23-9-8-14-6-7-15(11-18(14)23)13-4-2-1-3-5-13/h1-7,10-12,24H,8-9H2,(H,25,26). The number of fused-ring (bicyclic) bond motifs is 1. The maximum absolute atomic E-state index is 13.3. The van der Waals surface area contributed by atoms with Crippen LogP contribution in [-0.2, 0) is 16.4 Å². The molecule has 4 rings (SSSR count). The van der Waals surface area contributed by atoms with Crippen LogP contribution in [0.3, 0.4) is 0 Å². The van der Waals surface area contributed by atoms with Gasteiger partial charge in [0, 0.05) is 6.54 Å². The van der Waals surface area contributed by atoms with Gasteiger partial charge in [0.2, 0.25) is 0 Å². The summed E-state index contributed by atoms with van der Waals surface area (Å²) in [4.78, 5) is 10.8. The van der Waals surface area contributed by atoms with Gasteiger partial charge >= 0.3 is 5.97 Å². The lowest BCUT2D eigenvalue weighted by molar-refractivity contribution is 0.0696. The number of rotatable bonds is 4. The molecule has 29 heavy (non-hydrogen) atoms. The van der Waals surface area contributed by atoms with E-state index < -0.39 is 26.6 Å². The van der Waals surface area contributed by atoms with Crippen LogP contribution in [0.4, 0.5) is 5.69 Å². The number of hydrogen-bond donors (Lipinski definition) is 2. The van der Waals surface area contributed by atoms with E-state index in [1.807, 2.05) is 42.5 Å². The number of carbonyl (C=O) groups is 1. The second kappa shape index (κ2) is 7.09. The molecule has 2 N–H and O–H groups in total. The zero-order valence-corrected chi connectivity index (χ0v) is 16.6. The van der Waals surface area contributed by atoms with Crippen molar-refractivity contribution in [1.82, 2.24) is 0 Å². The molecule has 0 bridgehead atoms. The van der Waals surface area contributed by atoms with Gasteiger partial charge in [-0.05, 0) is 41.3 Å². The summed E-state index contributed by atoms with van der Waals surface area (Å²) in [5.41, 5.74) is 2.84. The predicted molar refractivity (Wildman–Crippen MR) is 110 cm³/mol. The highest BCUT2D eigenvalue weighted by atomic mass is 35.5. The number of halogens is 1. The third kappa shape index (κ3) is 3.32. The molecule has 0 aromatic heterocycles. The Hall–Kier alpha value is -3.03. The summed E-state index contributed by atoms with van der Waals surface area (Å²) >= 11 is 5.88. The molecule has 0 unspecified atom stereocenters. The SMILES string of the molecule is O=C(O)c1cc(Cl)c(O)c(S(=O)(=O)N2CCc3ccc(-c4ccccc4)cc32)c1. The zero-order chi connectivity index (χ0) is 20.8. The molecule has 148 valence electrons. The molecule has 3 aromatic carbocycles. The Morgan fingerprint density at radius 2 is 1.72 bits per heavy atom. The average molecular weight is 430 g/mol. The number of carboxylic acids is 1. The number of phenolic OH excluding ortho intramolecular Hbond substituents is 1. The smallest absolute Gasteiger partial charge is 0.335 e. The van der Waals surface area contributed by atoms with Gasteiger partial charge in [0.05, 0.1) is 16.3 Å². The van der Waals surface area contributed by atoms with Gasteiger partial charge in [0.25, 0.3) is 10.0 Å². The molecule has 0 amide bonds. The highest BCUT2D eigenvalue weighted by molar-refractivity contribution is 7.93. The Morgan fingerprint density at radius 3 is 2.41 bits per heavy atom. The van der Waals surface area contributed by atoms with Crippen LogP contribution < -0.4 is 4.31 Å². The molecule has 0 spiro atoms. The van der Waals surface area contributed by atoms with Gasteiger partial charge in [-0.2, -0.15) is 0 Å². The molecule has 1 aliphatic heterocycles. The molecule has 1 aliphatic rings.